The quantitative estimate of drug-likeness (QED) is 0.399. The molecule has 0 saturated carbocycles. The molecule has 0 radical (unpaired) electrons. The third kappa shape index (κ3) is 4.85. The van der Waals surface area contributed by atoms with Crippen LogP contribution in [0.2, 0.25) is 0 Å². The van der Waals surface area contributed by atoms with Crippen molar-refractivity contribution in [2.24, 2.45) is 5.73 Å². The maximum atomic E-state index is 12.7. The van der Waals surface area contributed by atoms with Crippen molar-refractivity contribution in [1.82, 2.24) is 14.8 Å². The maximum absolute atomic E-state index is 12.7. The van der Waals surface area contributed by atoms with Gasteiger partial charge in [-0.2, -0.15) is 5.10 Å². The summed E-state index contributed by atoms with van der Waals surface area (Å²) in [5, 5.41) is 10.4. The van der Waals surface area contributed by atoms with Crippen LogP contribution in [0.1, 0.15) is 15.9 Å². The van der Waals surface area contributed by atoms with E-state index >= 15 is 0 Å². The number of ether oxygens (including phenoxy) is 2. The highest BCUT2D eigenvalue weighted by Crippen LogP contribution is 2.26. The summed E-state index contributed by atoms with van der Waals surface area (Å²) >= 11 is 0. The molecule has 168 valence electrons. The van der Waals surface area contributed by atoms with E-state index < -0.39 is 6.03 Å². The first-order chi connectivity index (χ1) is 16.0. The SMILES string of the molecule is COc1ccc(Cn2ncc3cc(C(=O)Nc4cccc(NC(N)=O)c4)cnc32)c(OC)c1. The minimum atomic E-state index is -0.683. The number of hydrogen-bond acceptors (Lipinski definition) is 6. The number of nitrogens with one attached hydrogen (secondary N) is 2. The molecule has 0 unspecified atom stereocenters. The first kappa shape index (κ1) is 21.6. The number of pyridine rings is 1. The third-order valence-electron chi connectivity index (χ3n) is 4.94. The molecule has 0 atom stereocenters. The number of benzene rings is 2. The molecule has 0 spiro atoms. The lowest BCUT2D eigenvalue weighted by atomic mass is 10.2. The van der Waals surface area contributed by atoms with Crippen molar-refractivity contribution in [3.05, 3.63) is 72.1 Å². The van der Waals surface area contributed by atoms with E-state index in [-0.39, 0.29) is 5.91 Å². The normalized spacial score (nSPS) is 10.6. The summed E-state index contributed by atoms with van der Waals surface area (Å²) in [6.45, 7) is 0.439. The molecule has 10 heteroatoms. The van der Waals surface area contributed by atoms with E-state index in [2.05, 4.69) is 20.7 Å². The lowest BCUT2D eigenvalue weighted by Crippen LogP contribution is -2.19. The molecule has 2 aromatic carbocycles. The third-order valence-corrected chi connectivity index (χ3v) is 4.94. The van der Waals surface area contributed by atoms with Crippen molar-refractivity contribution in [2.75, 3.05) is 24.9 Å². The Morgan fingerprint density at radius 2 is 1.79 bits per heavy atom. The van der Waals surface area contributed by atoms with Gasteiger partial charge in [-0.1, -0.05) is 6.07 Å². The summed E-state index contributed by atoms with van der Waals surface area (Å²) in [4.78, 5) is 28.2. The van der Waals surface area contributed by atoms with Gasteiger partial charge in [0.1, 0.15) is 11.5 Å². The Morgan fingerprint density at radius 1 is 1.00 bits per heavy atom. The molecule has 0 bridgehead atoms. The standard InChI is InChI=1S/C23H22N6O4/c1-32-19-7-6-14(20(10-19)33-2)13-29-21-15(12-26-29)8-16(11-25-21)22(30)27-17-4-3-5-18(9-17)28-23(24)31/h3-12H,13H2,1-2H3,(H,27,30)(H3,24,28,31). The number of primary amides is 1. The Balaban J connectivity index is 1.53. The van der Waals surface area contributed by atoms with Gasteiger partial charge < -0.3 is 25.8 Å². The summed E-state index contributed by atoms with van der Waals surface area (Å²) in [6, 6.07) is 13.3. The topological polar surface area (TPSA) is 133 Å². The number of rotatable bonds is 7. The molecule has 0 aliphatic heterocycles. The summed E-state index contributed by atoms with van der Waals surface area (Å²) in [5.41, 5.74) is 8.04. The van der Waals surface area contributed by atoms with Gasteiger partial charge in [-0.05, 0) is 36.4 Å². The number of hydrogen-bond donors (Lipinski definition) is 3. The van der Waals surface area contributed by atoms with Gasteiger partial charge in [-0.15, -0.1) is 0 Å². The van der Waals surface area contributed by atoms with Crippen LogP contribution in [0.25, 0.3) is 11.0 Å². The number of anilines is 2. The fourth-order valence-electron chi connectivity index (χ4n) is 3.38. The predicted molar refractivity (Wildman–Crippen MR) is 124 cm³/mol. The van der Waals surface area contributed by atoms with Gasteiger partial charge in [0.05, 0.1) is 32.5 Å². The number of nitrogens with zero attached hydrogens (tertiary/aromatic N) is 3. The van der Waals surface area contributed by atoms with Gasteiger partial charge in [0, 0.05) is 34.6 Å². The largest absolute Gasteiger partial charge is 0.497 e. The van der Waals surface area contributed by atoms with E-state index in [0.29, 0.717) is 40.6 Å². The minimum Gasteiger partial charge on any atom is -0.497 e. The number of carbonyl (C=O) groups excluding carboxylic acids is 2. The van der Waals surface area contributed by atoms with Crippen LogP contribution in [0.15, 0.2) is 60.9 Å². The number of carbonyl (C=O) groups is 2. The monoisotopic (exact) mass is 446 g/mol. The van der Waals surface area contributed by atoms with Crippen LogP contribution in [-0.2, 0) is 6.54 Å². The first-order valence-electron chi connectivity index (χ1n) is 9.97. The highest BCUT2D eigenvalue weighted by molar-refractivity contribution is 6.06. The van der Waals surface area contributed by atoms with Gasteiger partial charge >= 0.3 is 6.03 Å². The molecule has 4 aromatic rings. The zero-order chi connectivity index (χ0) is 23.4. The molecule has 0 saturated heterocycles. The number of fused-ring (bicyclic) bond motifs is 1. The Morgan fingerprint density at radius 3 is 2.52 bits per heavy atom. The second kappa shape index (κ2) is 9.27. The van der Waals surface area contributed by atoms with Crippen molar-refractivity contribution in [2.45, 2.75) is 6.54 Å². The van der Waals surface area contributed by atoms with Crippen LogP contribution in [0.4, 0.5) is 16.2 Å². The molecule has 2 aromatic heterocycles. The fourth-order valence-corrected chi connectivity index (χ4v) is 3.38. The zero-order valence-corrected chi connectivity index (χ0v) is 18.0. The van der Waals surface area contributed by atoms with E-state index in [1.165, 1.54) is 6.20 Å². The number of aromatic nitrogens is 3. The summed E-state index contributed by atoms with van der Waals surface area (Å²) in [5.74, 6) is 1.04. The number of amides is 3. The van der Waals surface area contributed by atoms with E-state index in [4.69, 9.17) is 15.2 Å². The number of methoxy groups -OCH3 is 2. The molecule has 3 amide bonds. The average molecular weight is 446 g/mol. The smallest absolute Gasteiger partial charge is 0.316 e. The summed E-state index contributed by atoms with van der Waals surface area (Å²) in [6.07, 6.45) is 3.15. The van der Waals surface area contributed by atoms with Crippen molar-refractivity contribution >= 4 is 34.3 Å². The highest BCUT2D eigenvalue weighted by Gasteiger charge is 2.13. The Bertz CT molecular complexity index is 1330. The molecule has 0 fully saturated rings. The molecule has 4 rings (SSSR count). The molecule has 10 nitrogen and oxygen atoms in total. The zero-order valence-electron chi connectivity index (χ0n) is 18.0. The van der Waals surface area contributed by atoms with Crippen LogP contribution >= 0.6 is 0 Å². The molecule has 4 N–H and O–H groups in total. The molecule has 33 heavy (non-hydrogen) atoms. The second-order valence-electron chi connectivity index (χ2n) is 7.14. The van der Waals surface area contributed by atoms with Gasteiger partial charge in [-0.25, -0.2) is 14.5 Å². The minimum absolute atomic E-state index is 0.342. The second-order valence-corrected chi connectivity index (χ2v) is 7.14. The summed E-state index contributed by atoms with van der Waals surface area (Å²) in [7, 11) is 3.20. The number of nitrogens with two attached hydrogens (primary N) is 1. The Kier molecular flexibility index (Phi) is 6.07. The van der Waals surface area contributed by atoms with Gasteiger partial charge in [-0.3, -0.25) is 4.79 Å². The van der Waals surface area contributed by atoms with Crippen molar-refractivity contribution < 1.29 is 19.1 Å². The Labute approximate surface area is 189 Å². The Hall–Kier alpha value is -4.60. The lowest BCUT2D eigenvalue weighted by Gasteiger charge is -2.11. The fraction of sp³-hybridized carbons (Fsp3) is 0.130. The van der Waals surface area contributed by atoms with Crippen LogP contribution in [-0.4, -0.2) is 40.9 Å². The van der Waals surface area contributed by atoms with E-state index in [1.54, 1.807) is 55.4 Å². The molecular formula is C23H22N6O4. The van der Waals surface area contributed by atoms with Crippen LogP contribution < -0.4 is 25.8 Å². The van der Waals surface area contributed by atoms with Crippen molar-refractivity contribution in [3.63, 3.8) is 0 Å². The number of urea groups is 1. The molecule has 2 heterocycles. The van der Waals surface area contributed by atoms with E-state index in [9.17, 15) is 9.59 Å². The van der Waals surface area contributed by atoms with Crippen LogP contribution in [0, 0.1) is 0 Å². The lowest BCUT2D eigenvalue weighted by molar-refractivity contribution is 0.102. The first-order valence-corrected chi connectivity index (χ1v) is 9.97. The summed E-state index contributed by atoms with van der Waals surface area (Å²) < 4.78 is 12.4. The van der Waals surface area contributed by atoms with Crippen molar-refractivity contribution in [1.29, 1.82) is 0 Å². The predicted octanol–water partition coefficient (Wildman–Crippen LogP) is 3.24. The highest BCUT2D eigenvalue weighted by atomic mass is 16.5. The van der Waals surface area contributed by atoms with E-state index in [1.807, 2.05) is 18.2 Å². The van der Waals surface area contributed by atoms with Gasteiger partial charge in [0.15, 0.2) is 5.65 Å². The molecule has 0 aliphatic carbocycles. The van der Waals surface area contributed by atoms with Crippen LogP contribution in [0.5, 0.6) is 11.5 Å². The molecule has 0 aliphatic rings. The van der Waals surface area contributed by atoms with Gasteiger partial charge in [0.25, 0.3) is 5.91 Å². The average Bonchev–Trinajstić information content (AvgIpc) is 3.21. The maximum Gasteiger partial charge on any atom is 0.316 e. The molecular weight excluding hydrogens is 424 g/mol. The van der Waals surface area contributed by atoms with Crippen molar-refractivity contribution in [3.8, 4) is 11.5 Å². The van der Waals surface area contributed by atoms with Gasteiger partial charge in [0.2, 0.25) is 0 Å². The van der Waals surface area contributed by atoms with E-state index in [0.717, 1.165) is 10.9 Å². The van der Waals surface area contributed by atoms with Crippen LogP contribution in [0.3, 0.4) is 0 Å².